The van der Waals surface area contributed by atoms with Gasteiger partial charge >= 0.3 is 11.9 Å². The van der Waals surface area contributed by atoms with Crippen LogP contribution in [0.3, 0.4) is 0 Å². The standard InChI is InChI=1S/C18H18O5/c1-13(23-18(21)15-7-9-16(19)10-8-15)17(20)22-12-11-14-5-3-2-4-6-14/h2-10,13,19H,11-12H2,1H3/t13-/m0/s1. The van der Waals surface area contributed by atoms with Crippen LogP contribution < -0.4 is 0 Å². The van der Waals surface area contributed by atoms with Crippen molar-refractivity contribution in [2.75, 3.05) is 6.61 Å². The molecule has 0 aliphatic heterocycles. The highest BCUT2D eigenvalue weighted by atomic mass is 16.6. The topological polar surface area (TPSA) is 72.8 Å². The highest BCUT2D eigenvalue weighted by Crippen LogP contribution is 2.11. The second-order valence-corrected chi connectivity index (χ2v) is 5.00. The van der Waals surface area contributed by atoms with Crippen LogP contribution in [-0.4, -0.2) is 29.8 Å². The van der Waals surface area contributed by atoms with Crippen LogP contribution in [0.4, 0.5) is 0 Å². The molecule has 0 amide bonds. The maximum atomic E-state index is 11.9. The molecule has 2 aromatic carbocycles. The van der Waals surface area contributed by atoms with E-state index < -0.39 is 18.0 Å². The van der Waals surface area contributed by atoms with E-state index in [9.17, 15) is 14.7 Å². The van der Waals surface area contributed by atoms with E-state index in [4.69, 9.17) is 9.47 Å². The number of ether oxygens (including phenoxy) is 2. The number of phenols is 1. The smallest absolute Gasteiger partial charge is 0.347 e. The molecule has 23 heavy (non-hydrogen) atoms. The maximum absolute atomic E-state index is 11.9. The lowest BCUT2D eigenvalue weighted by Crippen LogP contribution is -2.27. The summed E-state index contributed by atoms with van der Waals surface area (Å²) in [6, 6.07) is 15.2. The van der Waals surface area contributed by atoms with E-state index >= 15 is 0 Å². The molecule has 1 atom stereocenters. The third-order valence-electron chi connectivity index (χ3n) is 3.20. The third kappa shape index (κ3) is 5.14. The summed E-state index contributed by atoms with van der Waals surface area (Å²) < 4.78 is 10.2. The molecular weight excluding hydrogens is 296 g/mol. The predicted octanol–water partition coefficient (Wildman–Crippen LogP) is 2.72. The van der Waals surface area contributed by atoms with E-state index in [-0.39, 0.29) is 17.9 Å². The van der Waals surface area contributed by atoms with Gasteiger partial charge in [-0.3, -0.25) is 0 Å². The third-order valence-corrected chi connectivity index (χ3v) is 3.20. The molecule has 2 aromatic rings. The molecule has 1 N–H and O–H groups in total. The molecule has 0 fully saturated rings. The van der Waals surface area contributed by atoms with Gasteiger partial charge in [-0.1, -0.05) is 30.3 Å². The zero-order valence-electron chi connectivity index (χ0n) is 12.8. The molecule has 0 heterocycles. The number of phenolic OH excluding ortho intramolecular Hbond substituents is 1. The lowest BCUT2D eigenvalue weighted by atomic mass is 10.2. The van der Waals surface area contributed by atoms with Crippen molar-refractivity contribution in [3.05, 3.63) is 65.7 Å². The number of benzene rings is 2. The normalized spacial score (nSPS) is 11.5. The monoisotopic (exact) mass is 314 g/mol. The molecule has 0 saturated carbocycles. The highest BCUT2D eigenvalue weighted by molar-refractivity contribution is 5.91. The van der Waals surface area contributed by atoms with Crippen LogP contribution in [0.2, 0.25) is 0 Å². The molecule has 5 heteroatoms. The Hall–Kier alpha value is -2.82. The summed E-state index contributed by atoms with van der Waals surface area (Å²) in [6.45, 7) is 1.69. The Kier molecular flexibility index (Phi) is 5.74. The van der Waals surface area contributed by atoms with Gasteiger partial charge < -0.3 is 14.6 Å². The summed E-state index contributed by atoms with van der Waals surface area (Å²) in [4.78, 5) is 23.7. The van der Waals surface area contributed by atoms with E-state index in [0.29, 0.717) is 6.42 Å². The second kappa shape index (κ2) is 7.98. The van der Waals surface area contributed by atoms with Gasteiger partial charge in [-0.2, -0.15) is 0 Å². The Balaban J connectivity index is 1.78. The van der Waals surface area contributed by atoms with Crippen molar-refractivity contribution in [1.29, 1.82) is 0 Å². The first-order valence-electron chi connectivity index (χ1n) is 7.27. The van der Waals surface area contributed by atoms with E-state index in [0.717, 1.165) is 5.56 Å². The first kappa shape index (κ1) is 16.5. The number of carbonyl (C=O) groups is 2. The van der Waals surface area contributed by atoms with Gasteiger partial charge in [0.05, 0.1) is 12.2 Å². The first-order valence-corrected chi connectivity index (χ1v) is 7.27. The molecule has 5 nitrogen and oxygen atoms in total. The fourth-order valence-corrected chi connectivity index (χ4v) is 1.91. The molecule has 0 aliphatic carbocycles. The quantitative estimate of drug-likeness (QED) is 0.830. The lowest BCUT2D eigenvalue weighted by molar-refractivity contribution is -0.152. The van der Waals surface area contributed by atoms with Gasteiger partial charge in [0.15, 0.2) is 6.10 Å². The Morgan fingerprint density at radius 3 is 2.35 bits per heavy atom. The van der Waals surface area contributed by atoms with E-state index in [1.54, 1.807) is 0 Å². The summed E-state index contributed by atoms with van der Waals surface area (Å²) in [5, 5.41) is 9.17. The molecule has 0 aliphatic rings. The van der Waals surface area contributed by atoms with Crippen molar-refractivity contribution in [3.63, 3.8) is 0 Å². The maximum Gasteiger partial charge on any atom is 0.347 e. The number of carbonyl (C=O) groups excluding carboxylic acids is 2. The second-order valence-electron chi connectivity index (χ2n) is 5.00. The largest absolute Gasteiger partial charge is 0.508 e. The number of esters is 2. The fourth-order valence-electron chi connectivity index (χ4n) is 1.91. The summed E-state index contributed by atoms with van der Waals surface area (Å²) >= 11 is 0. The Morgan fingerprint density at radius 1 is 1.04 bits per heavy atom. The molecule has 0 aromatic heterocycles. The van der Waals surface area contributed by atoms with Crippen molar-refractivity contribution in [2.45, 2.75) is 19.4 Å². The van der Waals surface area contributed by atoms with Crippen LogP contribution in [0.25, 0.3) is 0 Å². The van der Waals surface area contributed by atoms with Gasteiger partial charge in [0.25, 0.3) is 0 Å². The Labute approximate surface area is 134 Å². The van der Waals surface area contributed by atoms with E-state index in [2.05, 4.69) is 0 Å². The molecule has 0 unspecified atom stereocenters. The Bertz CT molecular complexity index is 649. The first-order chi connectivity index (χ1) is 11.1. The van der Waals surface area contributed by atoms with Gasteiger partial charge in [-0.15, -0.1) is 0 Å². The molecule has 120 valence electrons. The predicted molar refractivity (Wildman–Crippen MR) is 84.1 cm³/mol. The average molecular weight is 314 g/mol. The summed E-state index contributed by atoms with van der Waals surface area (Å²) in [7, 11) is 0. The molecule has 0 spiro atoms. The van der Waals surface area contributed by atoms with Gasteiger partial charge in [0.2, 0.25) is 0 Å². The van der Waals surface area contributed by atoms with Crippen molar-refractivity contribution in [2.24, 2.45) is 0 Å². The van der Waals surface area contributed by atoms with Gasteiger partial charge in [0, 0.05) is 6.42 Å². The summed E-state index contributed by atoms with van der Waals surface area (Å²) in [5.74, 6) is -1.18. The number of hydrogen-bond acceptors (Lipinski definition) is 5. The summed E-state index contributed by atoms with van der Waals surface area (Å²) in [6.07, 6.45) is -0.391. The minimum atomic E-state index is -0.993. The van der Waals surface area contributed by atoms with Crippen molar-refractivity contribution < 1.29 is 24.2 Å². The Morgan fingerprint density at radius 2 is 1.70 bits per heavy atom. The zero-order chi connectivity index (χ0) is 16.7. The minimum Gasteiger partial charge on any atom is -0.508 e. The number of hydrogen-bond donors (Lipinski definition) is 1. The van der Waals surface area contributed by atoms with Crippen molar-refractivity contribution in [3.8, 4) is 5.75 Å². The van der Waals surface area contributed by atoms with Crippen molar-refractivity contribution >= 4 is 11.9 Å². The lowest BCUT2D eigenvalue weighted by Gasteiger charge is -2.13. The minimum absolute atomic E-state index is 0.0509. The molecule has 2 rings (SSSR count). The van der Waals surface area contributed by atoms with Crippen molar-refractivity contribution in [1.82, 2.24) is 0 Å². The van der Waals surface area contributed by atoms with Crippen LogP contribution in [-0.2, 0) is 20.7 Å². The SMILES string of the molecule is C[C@H](OC(=O)c1ccc(O)cc1)C(=O)OCCc1ccccc1. The van der Waals surface area contributed by atoms with Crippen LogP contribution in [0.1, 0.15) is 22.8 Å². The number of aromatic hydroxyl groups is 1. The summed E-state index contributed by atoms with van der Waals surface area (Å²) in [5.41, 5.74) is 1.32. The molecule has 0 saturated heterocycles. The fraction of sp³-hybridized carbons (Fsp3) is 0.222. The van der Waals surface area contributed by atoms with Crippen LogP contribution in [0, 0.1) is 0 Å². The van der Waals surface area contributed by atoms with Gasteiger partial charge in [-0.05, 0) is 36.8 Å². The van der Waals surface area contributed by atoms with Crippen LogP contribution in [0.15, 0.2) is 54.6 Å². The average Bonchev–Trinajstić information content (AvgIpc) is 2.56. The zero-order valence-corrected chi connectivity index (χ0v) is 12.8. The van der Waals surface area contributed by atoms with E-state index in [1.165, 1.54) is 31.2 Å². The molecule has 0 radical (unpaired) electrons. The van der Waals surface area contributed by atoms with Gasteiger partial charge in [-0.25, -0.2) is 9.59 Å². The van der Waals surface area contributed by atoms with E-state index in [1.807, 2.05) is 30.3 Å². The van der Waals surface area contributed by atoms with Crippen LogP contribution in [0.5, 0.6) is 5.75 Å². The molecular formula is C18H18O5. The van der Waals surface area contributed by atoms with Crippen LogP contribution >= 0.6 is 0 Å². The highest BCUT2D eigenvalue weighted by Gasteiger charge is 2.20. The number of rotatable bonds is 6. The van der Waals surface area contributed by atoms with Gasteiger partial charge in [0.1, 0.15) is 5.75 Å². The molecule has 0 bridgehead atoms.